The van der Waals surface area contributed by atoms with Gasteiger partial charge in [-0.15, -0.1) is 10.2 Å². The molecule has 1 unspecified atom stereocenters. The maximum Gasteiger partial charge on any atom is 0.305 e. The summed E-state index contributed by atoms with van der Waals surface area (Å²) in [7, 11) is 0. The maximum absolute atomic E-state index is 14.0. The van der Waals surface area contributed by atoms with Gasteiger partial charge in [0.25, 0.3) is 0 Å². The minimum absolute atomic E-state index is 0.0170. The molecule has 0 spiro atoms. The van der Waals surface area contributed by atoms with Crippen LogP contribution in [0.3, 0.4) is 0 Å². The number of aromatic nitrogens is 2. The van der Waals surface area contributed by atoms with Crippen LogP contribution in [0, 0.1) is 21.7 Å². The summed E-state index contributed by atoms with van der Waals surface area (Å²) in [4.78, 5) is 9.71. The lowest BCUT2D eigenvalue weighted by atomic mass is 10.2. The third-order valence-corrected chi connectivity index (χ3v) is 4.99. The number of nitro groups is 1. The van der Waals surface area contributed by atoms with Crippen molar-refractivity contribution in [3.05, 3.63) is 38.9 Å². The van der Waals surface area contributed by atoms with E-state index < -0.39 is 27.8 Å². The number of hydrogen-bond acceptors (Lipinski definition) is 5. The highest BCUT2D eigenvalue weighted by Crippen LogP contribution is 2.36. The van der Waals surface area contributed by atoms with Crippen molar-refractivity contribution in [1.82, 2.24) is 10.2 Å². The number of rotatable bonds is 4. The number of benzene rings is 1. The first kappa shape index (κ1) is 14.9. The second-order valence-corrected chi connectivity index (χ2v) is 5.95. The van der Waals surface area contributed by atoms with Gasteiger partial charge in [-0.25, -0.2) is 4.39 Å². The number of alkyl halides is 1. The first-order chi connectivity index (χ1) is 9.45. The Morgan fingerprint density at radius 3 is 2.75 bits per heavy atom. The maximum atomic E-state index is 14.0. The number of hydrogen-bond donors (Lipinski definition) is 0. The van der Waals surface area contributed by atoms with E-state index in [1.54, 1.807) is 0 Å². The van der Waals surface area contributed by atoms with Crippen LogP contribution in [-0.4, -0.2) is 15.1 Å². The molecule has 0 fully saturated rings. The van der Waals surface area contributed by atoms with Crippen LogP contribution in [0.5, 0.6) is 0 Å². The molecule has 5 nitrogen and oxygen atoms in total. The zero-order valence-corrected chi connectivity index (χ0v) is 12.5. The first-order valence-electron chi connectivity index (χ1n) is 5.56. The lowest BCUT2D eigenvalue weighted by Gasteiger charge is -2.01. The normalized spacial score (nSPS) is 12.4. The molecule has 0 saturated heterocycles. The fraction of sp³-hybridized carbons (Fsp3) is 0.273. The number of nitrogens with zero attached hydrogens (tertiary/aromatic N) is 3. The van der Waals surface area contributed by atoms with E-state index in [0.717, 1.165) is 29.9 Å². The molecule has 20 heavy (non-hydrogen) atoms. The molecule has 0 aliphatic rings. The van der Waals surface area contributed by atoms with Crippen molar-refractivity contribution in [2.45, 2.75) is 18.2 Å². The van der Waals surface area contributed by atoms with E-state index in [4.69, 9.17) is 0 Å². The van der Waals surface area contributed by atoms with Crippen LogP contribution in [0.25, 0.3) is 10.6 Å². The molecule has 1 heterocycles. The standard InChI is InChI=1S/C11H8BrF2N3O2S/c1-2-5(12)10-15-16-11(20-10)8-6(13)3-4-7(9(8)14)17(18)19/h3-5H,2H2,1H3. The molecule has 0 aliphatic carbocycles. The van der Waals surface area contributed by atoms with Crippen LogP contribution < -0.4 is 0 Å². The summed E-state index contributed by atoms with van der Waals surface area (Å²) in [6.07, 6.45) is 0.731. The van der Waals surface area contributed by atoms with Crippen molar-refractivity contribution in [2.24, 2.45) is 0 Å². The van der Waals surface area contributed by atoms with E-state index in [2.05, 4.69) is 26.1 Å². The molecule has 9 heteroatoms. The smallest absolute Gasteiger partial charge is 0.258 e. The van der Waals surface area contributed by atoms with Gasteiger partial charge < -0.3 is 0 Å². The predicted octanol–water partition coefficient (Wildman–Crippen LogP) is 4.24. The van der Waals surface area contributed by atoms with Gasteiger partial charge in [-0.05, 0) is 12.5 Å². The molecule has 0 N–H and O–H groups in total. The van der Waals surface area contributed by atoms with E-state index in [0.29, 0.717) is 5.01 Å². The average Bonchev–Trinajstić information content (AvgIpc) is 2.87. The highest BCUT2D eigenvalue weighted by Gasteiger charge is 2.25. The molecule has 0 aliphatic heterocycles. The Morgan fingerprint density at radius 1 is 1.45 bits per heavy atom. The third-order valence-electron chi connectivity index (χ3n) is 2.55. The molecular weight excluding hydrogens is 356 g/mol. The van der Waals surface area contributed by atoms with Gasteiger partial charge in [-0.2, -0.15) is 4.39 Å². The molecule has 106 valence electrons. The van der Waals surface area contributed by atoms with Gasteiger partial charge in [0.05, 0.1) is 15.3 Å². The Balaban J connectivity index is 2.55. The van der Waals surface area contributed by atoms with E-state index >= 15 is 0 Å². The fourth-order valence-corrected chi connectivity index (χ4v) is 2.83. The molecule has 0 amide bonds. The van der Waals surface area contributed by atoms with E-state index in [-0.39, 0.29) is 9.83 Å². The summed E-state index contributed by atoms with van der Waals surface area (Å²) in [6, 6.07) is 1.64. The molecule has 0 radical (unpaired) electrons. The molecule has 2 rings (SSSR count). The fourth-order valence-electron chi connectivity index (χ4n) is 1.52. The van der Waals surface area contributed by atoms with Crippen LogP contribution in [0.15, 0.2) is 12.1 Å². The van der Waals surface area contributed by atoms with Gasteiger partial charge in [-0.1, -0.05) is 34.2 Å². The van der Waals surface area contributed by atoms with E-state index in [9.17, 15) is 18.9 Å². The van der Waals surface area contributed by atoms with Crippen molar-refractivity contribution in [1.29, 1.82) is 0 Å². The minimum atomic E-state index is -1.24. The topological polar surface area (TPSA) is 68.9 Å². The zero-order valence-electron chi connectivity index (χ0n) is 10.1. The van der Waals surface area contributed by atoms with Crippen LogP contribution in [0.2, 0.25) is 0 Å². The predicted molar refractivity (Wildman–Crippen MR) is 73.9 cm³/mol. The Morgan fingerprint density at radius 2 is 2.15 bits per heavy atom. The van der Waals surface area contributed by atoms with Crippen LogP contribution in [0.1, 0.15) is 23.2 Å². The second-order valence-electron chi connectivity index (χ2n) is 3.83. The summed E-state index contributed by atoms with van der Waals surface area (Å²) < 4.78 is 27.7. The number of nitro benzene ring substituents is 1. The van der Waals surface area contributed by atoms with Crippen molar-refractivity contribution < 1.29 is 13.7 Å². The van der Waals surface area contributed by atoms with Gasteiger partial charge in [0.1, 0.15) is 10.8 Å². The van der Waals surface area contributed by atoms with Gasteiger partial charge in [-0.3, -0.25) is 10.1 Å². The third kappa shape index (κ3) is 2.68. The van der Waals surface area contributed by atoms with Crippen LogP contribution in [-0.2, 0) is 0 Å². The lowest BCUT2D eigenvalue weighted by molar-refractivity contribution is -0.387. The highest BCUT2D eigenvalue weighted by atomic mass is 79.9. The highest BCUT2D eigenvalue weighted by molar-refractivity contribution is 9.09. The van der Waals surface area contributed by atoms with Crippen molar-refractivity contribution in [2.75, 3.05) is 0 Å². The van der Waals surface area contributed by atoms with Gasteiger partial charge in [0.15, 0.2) is 5.01 Å². The summed E-state index contributed by atoms with van der Waals surface area (Å²) in [5.41, 5.74) is -1.30. The average molecular weight is 364 g/mol. The molecule has 0 saturated carbocycles. The lowest BCUT2D eigenvalue weighted by Crippen LogP contribution is -1.97. The zero-order chi connectivity index (χ0) is 14.9. The largest absolute Gasteiger partial charge is 0.305 e. The van der Waals surface area contributed by atoms with Gasteiger partial charge in [0.2, 0.25) is 5.82 Å². The summed E-state index contributed by atoms with van der Waals surface area (Å²) in [5, 5.41) is 18.8. The van der Waals surface area contributed by atoms with Gasteiger partial charge in [0, 0.05) is 6.07 Å². The Labute approximate surface area is 124 Å². The van der Waals surface area contributed by atoms with E-state index in [1.807, 2.05) is 6.92 Å². The van der Waals surface area contributed by atoms with Crippen molar-refractivity contribution >= 4 is 33.0 Å². The van der Waals surface area contributed by atoms with Crippen LogP contribution in [0.4, 0.5) is 14.5 Å². The van der Waals surface area contributed by atoms with Crippen LogP contribution >= 0.6 is 27.3 Å². The quantitative estimate of drug-likeness (QED) is 0.462. The molecule has 1 atom stereocenters. The van der Waals surface area contributed by atoms with Crippen molar-refractivity contribution in [3.8, 4) is 10.6 Å². The second kappa shape index (κ2) is 5.88. The van der Waals surface area contributed by atoms with Gasteiger partial charge >= 0.3 is 5.69 Å². The minimum Gasteiger partial charge on any atom is -0.258 e. The summed E-state index contributed by atoms with van der Waals surface area (Å²) in [6.45, 7) is 1.91. The first-order valence-corrected chi connectivity index (χ1v) is 7.29. The SMILES string of the molecule is CCC(Br)c1nnc(-c2c(F)ccc([N+](=O)[O-])c2F)s1. The number of halogens is 3. The van der Waals surface area contributed by atoms with Crippen molar-refractivity contribution in [3.63, 3.8) is 0 Å². The molecule has 0 bridgehead atoms. The Bertz CT molecular complexity index is 665. The molecule has 1 aromatic carbocycles. The summed E-state index contributed by atoms with van der Waals surface area (Å²) in [5.74, 6) is -2.14. The molecular formula is C11H8BrF2N3O2S. The Hall–Kier alpha value is -1.48. The Kier molecular flexibility index (Phi) is 4.39. The monoisotopic (exact) mass is 363 g/mol. The van der Waals surface area contributed by atoms with E-state index in [1.165, 1.54) is 0 Å². The molecule has 1 aromatic heterocycles. The molecule has 2 aromatic rings. The summed E-state index contributed by atoms with van der Waals surface area (Å²) >= 11 is 4.35.